The van der Waals surface area contributed by atoms with Crippen LogP contribution in [-0.2, 0) is 6.54 Å². The fourth-order valence-corrected chi connectivity index (χ4v) is 2.98. The molecule has 1 heterocycles. The first-order valence-electron chi connectivity index (χ1n) is 6.10. The molecule has 0 bridgehead atoms. The highest BCUT2D eigenvalue weighted by atomic mass is 79.9. The molecule has 0 aliphatic heterocycles. The van der Waals surface area contributed by atoms with Gasteiger partial charge in [-0.3, -0.25) is 4.79 Å². The van der Waals surface area contributed by atoms with E-state index in [1.807, 2.05) is 12.1 Å². The van der Waals surface area contributed by atoms with Crippen molar-refractivity contribution in [3.05, 3.63) is 55.8 Å². The van der Waals surface area contributed by atoms with E-state index in [-0.39, 0.29) is 5.56 Å². The number of nitrogens with zero attached hydrogens (tertiary/aromatic N) is 1. The number of rotatable bonds is 5. The number of nitrogens with two attached hydrogens (primary N) is 1. The minimum atomic E-state index is -0.0410. The number of aromatic nitrogens is 1. The maximum atomic E-state index is 11.9. The molecule has 0 saturated carbocycles. The summed E-state index contributed by atoms with van der Waals surface area (Å²) in [6.07, 6.45) is 2.52. The summed E-state index contributed by atoms with van der Waals surface area (Å²) in [5, 5.41) is 0. The van der Waals surface area contributed by atoms with Crippen molar-refractivity contribution in [1.82, 2.24) is 4.57 Å². The Morgan fingerprint density at radius 3 is 2.60 bits per heavy atom. The normalized spacial score (nSPS) is 10.5. The molecule has 2 rings (SSSR count). The van der Waals surface area contributed by atoms with Gasteiger partial charge in [0.15, 0.2) is 0 Å². The lowest BCUT2D eigenvalue weighted by Crippen LogP contribution is -2.21. The van der Waals surface area contributed by atoms with Crippen molar-refractivity contribution in [3.8, 4) is 5.75 Å². The van der Waals surface area contributed by atoms with E-state index in [9.17, 15) is 4.79 Å². The van der Waals surface area contributed by atoms with Gasteiger partial charge < -0.3 is 15.0 Å². The first-order valence-corrected chi connectivity index (χ1v) is 7.68. The van der Waals surface area contributed by atoms with Crippen LogP contribution >= 0.6 is 31.9 Å². The number of benzene rings is 1. The summed E-state index contributed by atoms with van der Waals surface area (Å²) in [7, 11) is 0. The van der Waals surface area contributed by atoms with Crippen molar-refractivity contribution in [2.45, 2.75) is 13.0 Å². The van der Waals surface area contributed by atoms with Crippen LogP contribution in [0.3, 0.4) is 0 Å². The highest BCUT2D eigenvalue weighted by Gasteiger charge is 2.03. The maximum Gasteiger partial charge on any atom is 0.264 e. The number of anilines is 1. The van der Waals surface area contributed by atoms with E-state index in [1.165, 1.54) is 0 Å². The molecule has 0 atom stereocenters. The molecule has 1 aromatic heterocycles. The Labute approximate surface area is 133 Å². The van der Waals surface area contributed by atoms with Crippen LogP contribution in [0, 0.1) is 0 Å². The quantitative estimate of drug-likeness (QED) is 0.616. The van der Waals surface area contributed by atoms with E-state index in [2.05, 4.69) is 31.9 Å². The van der Waals surface area contributed by atoms with Crippen LogP contribution < -0.4 is 16.0 Å². The molecule has 0 fully saturated rings. The second-order valence-corrected chi connectivity index (χ2v) is 6.05. The van der Waals surface area contributed by atoms with Crippen LogP contribution in [0.2, 0.25) is 0 Å². The number of hydrogen-bond donors (Lipinski definition) is 1. The fraction of sp³-hybridized carbons (Fsp3) is 0.214. The van der Waals surface area contributed by atoms with Crippen molar-refractivity contribution in [2.75, 3.05) is 12.3 Å². The van der Waals surface area contributed by atoms with E-state index in [1.54, 1.807) is 29.0 Å². The number of ether oxygens (including phenoxy) is 1. The average molecular weight is 402 g/mol. The summed E-state index contributed by atoms with van der Waals surface area (Å²) in [6, 6.07) is 8.99. The average Bonchev–Trinajstić information content (AvgIpc) is 2.42. The molecular formula is C14H14Br2N2O2. The lowest BCUT2D eigenvalue weighted by Gasteiger charge is -2.09. The Bertz CT molecular complexity index is 639. The largest absolute Gasteiger partial charge is 0.494 e. The number of pyridine rings is 1. The van der Waals surface area contributed by atoms with Crippen molar-refractivity contribution < 1.29 is 4.74 Å². The zero-order valence-corrected chi connectivity index (χ0v) is 13.9. The Balaban J connectivity index is 1.87. The molecule has 20 heavy (non-hydrogen) atoms. The van der Waals surface area contributed by atoms with E-state index in [4.69, 9.17) is 10.5 Å². The molecule has 0 saturated heterocycles. The summed E-state index contributed by atoms with van der Waals surface area (Å²) < 4.78 is 8.65. The Morgan fingerprint density at radius 2 is 1.90 bits per heavy atom. The van der Waals surface area contributed by atoms with Crippen LogP contribution in [0.1, 0.15) is 6.42 Å². The van der Waals surface area contributed by atoms with Gasteiger partial charge in [-0.1, -0.05) is 0 Å². The topological polar surface area (TPSA) is 57.2 Å². The van der Waals surface area contributed by atoms with Gasteiger partial charge in [0.05, 0.1) is 11.1 Å². The standard InChI is InChI=1S/C14H14Br2N2O2/c15-10-8-13(16)14(19)18(9-10)6-1-7-20-12-4-2-11(17)3-5-12/h2-5,8-9H,1,6-7,17H2. The number of aryl methyl sites for hydroxylation is 1. The van der Waals surface area contributed by atoms with Crippen LogP contribution in [0.5, 0.6) is 5.75 Å². The van der Waals surface area contributed by atoms with E-state index in [0.29, 0.717) is 23.3 Å². The minimum Gasteiger partial charge on any atom is -0.494 e. The van der Waals surface area contributed by atoms with Gasteiger partial charge >= 0.3 is 0 Å². The zero-order valence-electron chi connectivity index (χ0n) is 10.7. The molecule has 2 aromatic rings. The summed E-state index contributed by atoms with van der Waals surface area (Å²) in [6.45, 7) is 1.15. The van der Waals surface area contributed by atoms with Crippen LogP contribution in [0.4, 0.5) is 5.69 Å². The molecule has 0 spiro atoms. The third-order valence-corrected chi connectivity index (χ3v) is 3.70. The molecule has 2 N–H and O–H groups in total. The maximum absolute atomic E-state index is 11.9. The van der Waals surface area contributed by atoms with Crippen molar-refractivity contribution in [1.29, 1.82) is 0 Å². The lowest BCUT2D eigenvalue weighted by atomic mass is 10.3. The molecule has 0 amide bonds. The summed E-state index contributed by atoms with van der Waals surface area (Å²) in [4.78, 5) is 11.9. The van der Waals surface area contributed by atoms with E-state index < -0.39 is 0 Å². The minimum absolute atomic E-state index is 0.0410. The van der Waals surface area contributed by atoms with Gasteiger partial charge in [0, 0.05) is 22.9 Å². The molecule has 0 aliphatic rings. The fourth-order valence-electron chi connectivity index (χ4n) is 1.72. The van der Waals surface area contributed by atoms with Gasteiger partial charge in [-0.05, 0) is 68.6 Å². The first-order chi connectivity index (χ1) is 9.56. The molecule has 0 aliphatic carbocycles. The van der Waals surface area contributed by atoms with E-state index in [0.717, 1.165) is 16.6 Å². The first kappa shape index (κ1) is 15.1. The third-order valence-electron chi connectivity index (χ3n) is 2.70. The van der Waals surface area contributed by atoms with Crippen molar-refractivity contribution in [2.24, 2.45) is 0 Å². The van der Waals surface area contributed by atoms with E-state index >= 15 is 0 Å². The van der Waals surface area contributed by atoms with Crippen molar-refractivity contribution >= 4 is 37.5 Å². The lowest BCUT2D eigenvalue weighted by molar-refractivity contribution is 0.301. The predicted octanol–water partition coefficient (Wildman–Crippen LogP) is 3.42. The summed E-state index contributed by atoms with van der Waals surface area (Å²) in [5.41, 5.74) is 6.27. The Kier molecular flexibility index (Phi) is 5.25. The second kappa shape index (κ2) is 6.95. The Hall–Kier alpha value is -1.27. The number of hydrogen-bond acceptors (Lipinski definition) is 3. The smallest absolute Gasteiger partial charge is 0.264 e. The molecule has 0 radical (unpaired) electrons. The monoisotopic (exact) mass is 400 g/mol. The molecular weight excluding hydrogens is 388 g/mol. The third kappa shape index (κ3) is 4.11. The zero-order chi connectivity index (χ0) is 14.5. The summed E-state index contributed by atoms with van der Waals surface area (Å²) >= 11 is 6.61. The molecule has 6 heteroatoms. The molecule has 1 aromatic carbocycles. The van der Waals surface area contributed by atoms with Crippen LogP contribution in [0.25, 0.3) is 0 Å². The van der Waals surface area contributed by atoms with Gasteiger partial charge in [0.2, 0.25) is 0 Å². The SMILES string of the molecule is Nc1ccc(OCCCn2cc(Br)cc(Br)c2=O)cc1. The van der Waals surface area contributed by atoms with Gasteiger partial charge in [0.1, 0.15) is 5.75 Å². The van der Waals surface area contributed by atoms with Gasteiger partial charge in [-0.25, -0.2) is 0 Å². The predicted molar refractivity (Wildman–Crippen MR) is 87.1 cm³/mol. The highest BCUT2D eigenvalue weighted by molar-refractivity contribution is 9.11. The highest BCUT2D eigenvalue weighted by Crippen LogP contribution is 2.14. The van der Waals surface area contributed by atoms with Gasteiger partial charge in [0.25, 0.3) is 5.56 Å². The molecule has 0 unspecified atom stereocenters. The number of halogens is 2. The van der Waals surface area contributed by atoms with Gasteiger partial charge in [-0.2, -0.15) is 0 Å². The van der Waals surface area contributed by atoms with Crippen LogP contribution in [-0.4, -0.2) is 11.2 Å². The Morgan fingerprint density at radius 1 is 1.20 bits per heavy atom. The molecule has 4 nitrogen and oxygen atoms in total. The number of nitrogen functional groups attached to an aromatic ring is 1. The van der Waals surface area contributed by atoms with Crippen LogP contribution in [0.15, 0.2) is 50.3 Å². The molecule has 106 valence electrons. The van der Waals surface area contributed by atoms with Crippen molar-refractivity contribution in [3.63, 3.8) is 0 Å². The summed E-state index contributed by atoms with van der Waals surface area (Å²) in [5.74, 6) is 0.780. The van der Waals surface area contributed by atoms with Gasteiger partial charge in [-0.15, -0.1) is 0 Å². The second-order valence-electron chi connectivity index (χ2n) is 4.28.